The predicted octanol–water partition coefficient (Wildman–Crippen LogP) is 1.28. The number of hydrogen-bond donors (Lipinski definition) is 1. The van der Waals surface area contributed by atoms with Crippen LogP contribution in [0.2, 0.25) is 0 Å². The van der Waals surface area contributed by atoms with Gasteiger partial charge in [-0.3, -0.25) is 9.78 Å². The van der Waals surface area contributed by atoms with Crippen LogP contribution in [0.4, 0.5) is 0 Å². The number of nitrogens with zero attached hydrogens (tertiary/aromatic N) is 1. The molecule has 0 aromatic carbocycles. The summed E-state index contributed by atoms with van der Waals surface area (Å²) in [5, 5.41) is 2.72. The number of nitrogens with one attached hydrogen (secondary N) is 1. The molecule has 3 heteroatoms. The molecule has 1 amide bonds. The zero-order valence-electron chi connectivity index (χ0n) is 8.00. The average Bonchev–Trinajstić information content (AvgIpc) is 2.15. The minimum absolute atomic E-state index is 0.0143. The maximum atomic E-state index is 10.6. The van der Waals surface area contributed by atoms with Crippen molar-refractivity contribution >= 4 is 5.91 Å². The molecule has 0 spiro atoms. The molecule has 0 aliphatic carbocycles. The molecule has 1 aromatic rings. The van der Waals surface area contributed by atoms with Gasteiger partial charge in [-0.15, -0.1) is 0 Å². The fourth-order valence-electron chi connectivity index (χ4n) is 0.995. The fraction of sp³-hybridized carbons (Fsp3) is 0.400. The molecular weight excluding hydrogens is 164 g/mol. The molecule has 1 N–H and O–H groups in total. The van der Waals surface area contributed by atoms with Crippen LogP contribution in [0.15, 0.2) is 18.3 Å². The Morgan fingerprint density at radius 1 is 1.54 bits per heavy atom. The van der Waals surface area contributed by atoms with Gasteiger partial charge in [0.2, 0.25) is 5.91 Å². The van der Waals surface area contributed by atoms with E-state index in [0.29, 0.717) is 6.54 Å². The Balaban J connectivity index is 2.54. The molecular formula is C10H14N2O. The second-order valence-corrected chi connectivity index (χ2v) is 2.92. The van der Waals surface area contributed by atoms with Crippen LogP contribution in [0.1, 0.15) is 25.1 Å². The number of carbonyl (C=O) groups is 1. The number of pyridine rings is 1. The molecule has 0 aliphatic heterocycles. The minimum atomic E-state index is -0.0143. The first-order chi connectivity index (χ1) is 6.22. The van der Waals surface area contributed by atoms with E-state index in [2.05, 4.69) is 17.2 Å². The first kappa shape index (κ1) is 9.71. The molecule has 0 bridgehead atoms. The molecule has 1 heterocycles. The zero-order valence-corrected chi connectivity index (χ0v) is 8.00. The second-order valence-electron chi connectivity index (χ2n) is 2.92. The third kappa shape index (κ3) is 3.23. The summed E-state index contributed by atoms with van der Waals surface area (Å²) in [6.45, 7) is 4.13. The van der Waals surface area contributed by atoms with E-state index >= 15 is 0 Å². The molecule has 0 saturated heterocycles. The van der Waals surface area contributed by atoms with Gasteiger partial charge < -0.3 is 5.32 Å². The van der Waals surface area contributed by atoms with Gasteiger partial charge in [0.05, 0.1) is 0 Å². The highest BCUT2D eigenvalue weighted by atomic mass is 16.1. The predicted molar refractivity (Wildman–Crippen MR) is 51.1 cm³/mol. The van der Waals surface area contributed by atoms with Gasteiger partial charge in [-0.25, -0.2) is 0 Å². The lowest BCUT2D eigenvalue weighted by Crippen LogP contribution is -2.18. The van der Waals surface area contributed by atoms with Crippen LogP contribution in [-0.2, 0) is 17.8 Å². The van der Waals surface area contributed by atoms with Crippen LogP contribution in [0, 0.1) is 0 Å². The van der Waals surface area contributed by atoms with Crippen molar-refractivity contribution in [1.29, 1.82) is 0 Å². The van der Waals surface area contributed by atoms with Crippen molar-refractivity contribution in [1.82, 2.24) is 10.3 Å². The largest absolute Gasteiger partial charge is 0.352 e. The van der Waals surface area contributed by atoms with E-state index in [9.17, 15) is 4.79 Å². The summed E-state index contributed by atoms with van der Waals surface area (Å²) in [4.78, 5) is 14.8. The van der Waals surface area contributed by atoms with Gasteiger partial charge in [0.25, 0.3) is 0 Å². The summed E-state index contributed by atoms with van der Waals surface area (Å²) in [6.07, 6.45) is 2.75. The van der Waals surface area contributed by atoms with Crippen molar-refractivity contribution in [3.8, 4) is 0 Å². The Hall–Kier alpha value is -1.38. The maximum Gasteiger partial charge on any atom is 0.217 e. The molecule has 0 saturated carbocycles. The van der Waals surface area contributed by atoms with Gasteiger partial charge in [0.15, 0.2) is 0 Å². The van der Waals surface area contributed by atoms with E-state index in [1.54, 1.807) is 6.20 Å². The Morgan fingerprint density at radius 2 is 2.31 bits per heavy atom. The summed E-state index contributed by atoms with van der Waals surface area (Å²) in [5.41, 5.74) is 2.11. The lowest BCUT2D eigenvalue weighted by Gasteiger charge is -2.02. The first-order valence-corrected chi connectivity index (χ1v) is 4.40. The SMILES string of the molecule is CCc1ccc(CNC(C)=O)cn1. The Bertz CT molecular complexity index is 279. The second kappa shape index (κ2) is 4.60. The zero-order chi connectivity index (χ0) is 9.68. The van der Waals surface area contributed by atoms with E-state index < -0.39 is 0 Å². The van der Waals surface area contributed by atoms with Gasteiger partial charge in [-0.1, -0.05) is 13.0 Å². The Kier molecular flexibility index (Phi) is 3.43. The third-order valence-corrected chi connectivity index (χ3v) is 1.79. The van der Waals surface area contributed by atoms with Crippen LogP contribution in [0.5, 0.6) is 0 Å². The maximum absolute atomic E-state index is 10.6. The smallest absolute Gasteiger partial charge is 0.217 e. The van der Waals surface area contributed by atoms with Gasteiger partial charge in [-0.05, 0) is 18.1 Å². The lowest BCUT2D eigenvalue weighted by atomic mass is 10.2. The highest BCUT2D eigenvalue weighted by molar-refractivity contribution is 5.72. The number of aromatic nitrogens is 1. The average molecular weight is 178 g/mol. The third-order valence-electron chi connectivity index (χ3n) is 1.79. The standard InChI is InChI=1S/C10H14N2O/c1-3-10-5-4-9(7-12-10)6-11-8(2)13/h4-5,7H,3,6H2,1-2H3,(H,11,13). The number of hydrogen-bond acceptors (Lipinski definition) is 2. The van der Waals surface area contributed by atoms with Crippen molar-refractivity contribution in [2.24, 2.45) is 0 Å². The van der Waals surface area contributed by atoms with Crippen molar-refractivity contribution in [3.05, 3.63) is 29.6 Å². The summed E-state index contributed by atoms with van der Waals surface area (Å²) in [7, 11) is 0. The van der Waals surface area contributed by atoms with Crippen LogP contribution < -0.4 is 5.32 Å². The van der Waals surface area contributed by atoms with Crippen molar-refractivity contribution in [2.75, 3.05) is 0 Å². The van der Waals surface area contributed by atoms with Crippen molar-refractivity contribution in [3.63, 3.8) is 0 Å². The Labute approximate surface area is 78.2 Å². The molecule has 0 atom stereocenters. The normalized spacial score (nSPS) is 9.69. The summed E-state index contributed by atoms with van der Waals surface area (Å²) >= 11 is 0. The van der Waals surface area contributed by atoms with Gasteiger partial charge in [-0.2, -0.15) is 0 Å². The first-order valence-electron chi connectivity index (χ1n) is 4.40. The minimum Gasteiger partial charge on any atom is -0.352 e. The number of aryl methyl sites for hydroxylation is 1. The highest BCUT2D eigenvalue weighted by Crippen LogP contribution is 2.00. The van der Waals surface area contributed by atoms with Gasteiger partial charge in [0.1, 0.15) is 0 Å². The van der Waals surface area contributed by atoms with E-state index in [1.165, 1.54) is 6.92 Å². The van der Waals surface area contributed by atoms with Crippen LogP contribution in [-0.4, -0.2) is 10.9 Å². The van der Waals surface area contributed by atoms with E-state index in [0.717, 1.165) is 17.7 Å². The molecule has 1 rings (SSSR count). The summed E-state index contributed by atoms with van der Waals surface area (Å²) in [6, 6.07) is 3.97. The van der Waals surface area contributed by atoms with Gasteiger partial charge >= 0.3 is 0 Å². The number of rotatable bonds is 3. The molecule has 0 fully saturated rings. The van der Waals surface area contributed by atoms with E-state index in [-0.39, 0.29) is 5.91 Å². The van der Waals surface area contributed by atoms with Gasteiger partial charge in [0, 0.05) is 25.4 Å². The highest BCUT2D eigenvalue weighted by Gasteiger charge is 1.95. The van der Waals surface area contributed by atoms with Crippen LogP contribution in [0.3, 0.4) is 0 Å². The van der Waals surface area contributed by atoms with Crippen molar-refractivity contribution in [2.45, 2.75) is 26.8 Å². The Morgan fingerprint density at radius 3 is 2.77 bits per heavy atom. The molecule has 13 heavy (non-hydrogen) atoms. The monoisotopic (exact) mass is 178 g/mol. The lowest BCUT2D eigenvalue weighted by molar-refractivity contribution is -0.119. The molecule has 0 unspecified atom stereocenters. The molecule has 0 radical (unpaired) electrons. The molecule has 70 valence electrons. The van der Waals surface area contributed by atoms with Crippen LogP contribution in [0.25, 0.3) is 0 Å². The summed E-state index contributed by atoms with van der Waals surface area (Å²) in [5.74, 6) is -0.0143. The van der Waals surface area contributed by atoms with E-state index in [1.807, 2.05) is 12.1 Å². The number of carbonyl (C=O) groups excluding carboxylic acids is 1. The molecule has 1 aromatic heterocycles. The summed E-state index contributed by atoms with van der Waals surface area (Å²) < 4.78 is 0. The van der Waals surface area contributed by atoms with E-state index in [4.69, 9.17) is 0 Å². The quantitative estimate of drug-likeness (QED) is 0.757. The molecule has 3 nitrogen and oxygen atoms in total. The molecule has 0 aliphatic rings. The topological polar surface area (TPSA) is 42.0 Å². The van der Waals surface area contributed by atoms with Crippen LogP contribution >= 0.6 is 0 Å². The fourth-order valence-corrected chi connectivity index (χ4v) is 0.995. The van der Waals surface area contributed by atoms with Crippen molar-refractivity contribution < 1.29 is 4.79 Å². The number of amides is 1.